The van der Waals surface area contributed by atoms with Crippen LogP contribution in [0.1, 0.15) is 16.8 Å². The molecule has 2 heterocycles. The van der Waals surface area contributed by atoms with Gasteiger partial charge in [-0.1, -0.05) is 36.4 Å². The molecule has 0 aliphatic carbocycles. The standard InChI is InChI=1S/C25H21N3O2/c1-30-19-12-10-16(11-13-19)24-20-7-3-5-9-22(20)28-25(29)23(27-24)15-18-14-17-6-2-4-8-21(17)26-18/h2-14,23,26H,15H2,1H3,(H,28,29). The van der Waals surface area contributed by atoms with E-state index in [0.717, 1.165) is 44.9 Å². The van der Waals surface area contributed by atoms with Crippen molar-refractivity contribution in [3.05, 3.63) is 95.7 Å². The van der Waals surface area contributed by atoms with Crippen molar-refractivity contribution in [2.75, 3.05) is 12.4 Å². The quantitative estimate of drug-likeness (QED) is 0.531. The second-order valence-corrected chi connectivity index (χ2v) is 7.34. The molecule has 4 aromatic rings. The summed E-state index contributed by atoms with van der Waals surface area (Å²) < 4.78 is 5.29. The molecule has 5 heteroatoms. The van der Waals surface area contributed by atoms with Crippen molar-refractivity contribution in [2.24, 2.45) is 4.99 Å². The maximum absolute atomic E-state index is 13.0. The zero-order valence-electron chi connectivity index (χ0n) is 16.6. The molecule has 1 amide bonds. The number of aliphatic imine (C=N–C) groups is 1. The molecular formula is C25H21N3O2. The van der Waals surface area contributed by atoms with E-state index in [2.05, 4.69) is 22.4 Å². The highest BCUT2D eigenvalue weighted by molar-refractivity contribution is 6.19. The monoisotopic (exact) mass is 395 g/mol. The number of H-pyrrole nitrogens is 1. The third kappa shape index (κ3) is 3.35. The van der Waals surface area contributed by atoms with Crippen LogP contribution in [0.15, 0.2) is 83.9 Å². The van der Waals surface area contributed by atoms with Crippen LogP contribution in [0.4, 0.5) is 5.69 Å². The molecule has 1 unspecified atom stereocenters. The molecule has 5 rings (SSSR count). The number of carbonyl (C=O) groups is 1. The summed E-state index contributed by atoms with van der Waals surface area (Å²) in [5.74, 6) is 0.676. The number of aromatic nitrogens is 1. The Bertz CT molecular complexity index is 1220. The number of amides is 1. The SMILES string of the molecule is COc1ccc(C2=NC(Cc3cc4ccccc4[nH]3)C(=O)Nc3ccccc32)cc1. The average molecular weight is 395 g/mol. The fourth-order valence-electron chi connectivity index (χ4n) is 3.87. The summed E-state index contributed by atoms with van der Waals surface area (Å²) in [7, 11) is 1.65. The van der Waals surface area contributed by atoms with Gasteiger partial charge in [-0.15, -0.1) is 0 Å². The first-order valence-electron chi connectivity index (χ1n) is 9.90. The van der Waals surface area contributed by atoms with Crippen LogP contribution in [0.5, 0.6) is 5.75 Å². The molecule has 1 aliphatic rings. The van der Waals surface area contributed by atoms with Gasteiger partial charge in [-0.05, 0) is 47.9 Å². The Morgan fingerprint density at radius 1 is 0.967 bits per heavy atom. The molecule has 2 N–H and O–H groups in total. The lowest BCUT2D eigenvalue weighted by atomic mass is 10.0. The van der Waals surface area contributed by atoms with Crippen LogP contribution in [0.3, 0.4) is 0 Å². The van der Waals surface area contributed by atoms with Gasteiger partial charge in [0.25, 0.3) is 0 Å². The first kappa shape index (κ1) is 18.2. The number of para-hydroxylation sites is 2. The third-order valence-electron chi connectivity index (χ3n) is 5.39. The normalized spacial score (nSPS) is 15.8. The van der Waals surface area contributed by atoms with E-state index in [0.29, 0.717) is 6.42 Å². The minimum atomic E-state index is -0.539. The Labute approximate surface area is 174 Å². The molecule has 1 atom stereocenters. The van der Waals surface area contributed by atoms with Crippen LogP contribution in [0.25, 0.3) is 10.9 Å². The number of hydrogen-bond acceptors (Lipinski definition) is 3. The molecule has 5 nitrogen and oxygen atoms in total. The lowest BCUT2D eigenvalue weighted by Gasteiger charge is -2.11. The fraction of sp³-hybridized carbons (Fsp3) is 0.120. The van der Waals surface area contributed by atoms with E-state index < -0.39 is 6.04 Å². The third-order valence-corrected chi connectivity index (χ3v) is 5.39. The Kier molecular flexibility index (Phi) is 4.56. The van der Waals surface area contributed by atoms with Crippen molar-refractivity contribution in [1.29, 1.82) is 0 Å². The predicted octanol–water partition coefficient (Wildman–Crippen LogP) is 4.58. The number of fused-ring (bicyclic) bond motifs is 2. The Hall–Kier alpha value is -3.86. The molecule has 3 aromatic carbocycles. The van der Waals surface area contributed by atoms with Gasteiger partial charge in [-0.3, -0.25) is 9.79 Å². The molecular weight excluding hydrogens is 374 g/mol. The summed E-state index contributed by atoms with van der Waals surface area (Å²) in [6.07, 6.45) is 0.494. The Balaban J connectivity index is 1.57. The van der Waals surface area contributed by atoms with Crippen LogP contribution in [-0.2, 0) is 11.2 Å². The van der Waals surface area contributed by atoms with Gasteiger partial charge in [0.2, 0.25) is 5.91 Å². The summed E-state index contributed by atoms with van der Waals surface area (Å²) in [5.41, 5.74) is 5.48. The number of aromatic amines is 1. The van der Waals surface area contributed by atoms with Gasteiger partial charge in [0, 0.05) is 28.8 Å². The van der Waals surface area contributed by atoms with Crippen LogP contribution in [-0.4, -0.2) is 29.8 Å². The highest BCUT2D eigenvalue weighted by Crippen LogP contribution is 2.26. The number of hydrogen-bond donors (Lipinski definition) is 2. The number of benzodiazepines with no additional fused rings is 1. The molecule has 1 aromatic heterocycles. The van der Waals surface area contributed by atoms with E-state index in [1.54, 1.807) is 7.11 Å². The summed E-state index contributed by atoms with van der Waals surface area (Å²) >= 11 is 0. The number of nitrogens with one attached hydrogen (secondary N) is 2. The average Bonchev–Trinajstić information content (AvgIpc) is 3.13. The van der Waals surface area contributed by atoms with Crippen molar-refractivity contribution >= 4 is 28.2 Å². The van der Waals surface area contributed by atoms with E-state index in [9.17, 15) is 4.79 Å². The molecule has 0 radical (unpaired) electrons. The minimum Gasteiger partial charge on any atom is -0.497 e. The van der Waals surface area contributed by atoms with Crippen molar-refractivity contribution in [3.63, 3.8) is 0 Å². The van der Waals surface area contributed by atoms with Crippen molar-refractivity contribution in [2.45, 2.75) is 12.5 Å². The molecule has 0 bridgehead atoms. The summed E-state index contributed by atoms with van der Waals surface area (Å²) in [5, 5.41) is 4.19. The first-order valence-corrected chi connectivity index (χ1v) is 9.90. The van der Waals surface area contributed by atoms with Gasteiger partial charge in [-0.2, -0.15) is 0 Å². The second kappa shape index (κ2) is 7.52. The van der Waals surface area contributed by atoms with E-state index in [1.807, 2.05) is 66.7 Å². The number of rotatable bonds is 4. The summed E-state index contributed by atoms with van der Waals surface area (Å²) in [4.78, 5) is 21.4. The molecule has 30 heavy (non-hydrogen) atoms. The zero-order chi connectivity index (χ0) is 20.5. The minimum absolute atomic E-state index is 0.107. The molecule has 0 saturated carbocycles. The van der Waals surface area contributed by atoms with Gasteiger partial charge in [0.1, 0.15) is 11.8 Å². The lowest BCUT2D eigenvalue weighted by molar-refractivity contribution is -0.117. The van der Waals surface area contributed by atoms with Crippen LogP contribution >= 0.6 is 0 Å². The fourth-order valence-corrected chi connectivity index (χ4v) is 3.87. The van der Waals surface area contributed by atoms with E-state index >= 15 is 0 Å². The van der Waals surface area contributed by atoms with Gasteiger partial charge < -0.3 is 15.0 Å². The molecule has 0 saturated heterocycles. The van der Waals surface area contributed by atoms with E-state index in [1.165, 1.54) is 0 Å². The highest BCUT2D eigenvalue weighted by atomic mass is 16.5. The zero-order valence-corrected chi connectivity index (χ0v) is 16.6. The van der Waals surface area contributed by atoms with E-state index in [4.69, 9.17) is 9.73 Å². The molecule has 148 valence electrons. The van der Waals surface area contributed by atoms with Crippen LogP contribution in [0.2, 0.25) is 0 Å². The van der Waals surface area contributed by atoms with E-state index in [-0.39, 0.29) is 5.91 Å². The summed E-state index contributed by atoms with van der Waals surface area (Å²) in [6, 6.07) is 25.2. The van der Waals surface area contributed by atoms with Gasteiger partial charge in [0.15, 0.2) is 0 Å². The molecule has 0 spiro atoms. The largest absolute Gasteiger partial charge is 0.497 e. The van der Waals surface area contributed by atoms with Crippen LogP contribution < -0.4 is 10.1 Å². The molecule has 1 aliphatic heterocycles. The van der Waals surface area contributed by atoms with Crippen LogP contribution in [0, 0.1) is 0 Å². The van der Waals surface area contributed by atoms with Crippen molar-refractivity contribution in [3.8, 4) is 5.75 Å². The Morgan fingerprint density at radius 3 is 2.53 bits per heavy atom. The number of ether oxygens (including phenoxy) is 1. The number of carbonyl (C=O) groups excluding carboxylic acids is 1. The maximum atomic E-state index is 13.0. The van der Waals surface area contributed by atoms with Gasteiger partial charge >= 0.3 is 0 Å². The molecule has 0 fully saturated rings. The lowest BCUT2D eigenvalue weighted by Crippen LogP contribution is -2.27. The second-order valence-electron chi connectivity index (χ2n) is 7.34. The first-order chi connectivity index (χ1) is 14.7. The van der Waals surface area contributed by atoms with Crippen molar-refractivity contribution in [1.82, 2.24) is 4.98 Å². The highest BCUT2D eigenvalue weighted by Gasteiger charge is 2.26. The number of methoxy groups -OCH3 is 1. The topological polar surface area (TPSA) is 66.5 Å². The number of nitrogens with zero attached hydrogens (tertiary/aromatic N) is 1. The smallest absolute Gasteiger partial charge is 0.249 e. The van der Waals surface area contributed by atoms with Crippen molar-refractivity contribution < 1.29 is 9.53 Å². The summed E-state index contributed by atoms with van der Waals surface area (Å²) in [6.45, 7) is 0. The Morgan fingerprint density at radius 2 is 1.73 bits per heavy atom. The van der Waals surface area contributed by atoms with Gasteiger partial charge in [0.05, 0.1) is 18.5 Å². The maximum Gasteiger partial charge on any atom is 0.249 e. The van der Waals surface area contributed by atoms with Gasteiger partial charge in [-0.25, -0.2) is 0 Å². The predicted molar refractivity (Wildman–Crippen MR) is 119 cm³/mol. The number of anilines is 1. The number of benzene rings is 3.